The van der Waals surface area contributed by atoms with E-state index in [-0.39, 0.29) is 16.3 Å². The van der Waals surface area contributed by atoms with Gasteiger partial charge in [0.15, 0.2) is 0 Å². The summed E-state index contributed by atoms with van der Waals surface area (Å²) in [4.78, 5) is 23.6. The quantitative estimate of drug-likeness (QED) is 0.657. The highest BCUT2D eigenvalue weighted by atomic mass is 35.5. The second-order valence-corrected chi connectivity index (χ2v) is 3.77. The number of pyridine rings is 1. The lowest BCUT2D eigenvalue weighted by Gasteiger charge is -2.01. The highest BCUT2D eigenvalue weighted by Crippen LogP contribution is 2.29. The number of rotatable bonds is 2. The summed E-state index contributed by atoms with van der Waals surface area (Å²) in [5.41, 5.74) is 0.925. The SMILES string of the molecule is O=c1ccc(-c2ccc(Cl)c([N+](=O)[O-])c2)c[nH]1. The van der Waals surface area contributed by atoms with Crippen molar-refractivity contribution in [2.75, 3.05) is 0 Å². The van der Waals surface area contributed by atoms with Crippen LogP contribution in [-0.4, -0.2) is 9.91 Å². The van der Waals surface area contributed by atoms with Gasteiger partial charge in [0.25, 0.3) is 5.69 Å². The van der Waals surface area contributed by atoms with Crippen molar-refractivity contribution in [2.24, 2.45) is 0 Å². The molecule has 1 aromatic carbocycles. The molecule has 0 fully saturated rings. The zero-order valence-corrected chi connectivity index (χ0v) is 9.27. The van der Waals surface area contributed by atoms with Gasteiger partial charge < -0.3 is 4.98 Å². The van der Waals surface area contributed by atoms with E-state index < -0.39 is 4.92 Å². The predicted octanol–water partition coefficient (Wildman–Crippen LogP) is 2.60. The molecule has 0 aliphatic carbocycles. The third-order valence-electron chi connectivity index (χ3n) is 2.26. The van der Waals surface area contributed by atoms with E-state index in [1.165, 1.54) is 24.4 Å². The van der Waals surface area contributed by atoms with Crippen molar-refractivity contribution >= 4 is 17.3 Å². The first-order valence-electron chi connectivity index (χ1n) is 4.71. The Kier molecular flexibility index (Phi) is 2.93. The molecule has 5 nitrogen and oxygen atoms in total. The van der Waals surface area contributed by atoms with Crippen LogP contribution in [0.3, 0.4) is 0 Å². The number of aromatic nitrogens is 1. The van der Waals surface area contributed by atoms with Gasteiger partial charge in [-0.15, -0.1) is 0 Å². The Morgan fingerprint density at radius 1 is 1.18 bits per heavy atom. The molecule has 86 valence electrons. The number of nitro benzene ring substituents is 1. The average Bonchev–Trinajstić information content (AvgIpc) is 2.30. The van der Waals surface area contributed by atoms with E-state index in [1.54, 1.807) is 12.1 Å². The van der Waals surface area contributed by atoms with Crippen molar-refractivity contribution in [3.63, 3.8) is 0 Å². The van der Waals surface area contributed by atoms with Crippen LogP contribution >= 0.6 is 11.6 Å². The molecule has 0 saturated heterocycles. The van der Waals surface area contributed by atoms with Gasteiger partial charge in [-0.05, 0) is 23.3 Å². The van der Waals surface area contributed by atoms with Crippen LogP contribution in [0.4, 0.5) is 5.69 Å². The Bertz CT molecular complexity index is 616. The fourth-order valence-corrected chi connectivity index (χ4v) is 1.61. The summed E-state index contributed by atoms with van der Waals surface area (Å²) in [6.45, 7) is 0. The molecule has 0 amide bonds. The molecule has 17 heavy (non-hydrogen) atoms. The number of H-pyrrole nitrogens is 1. The van der Waals surface area contributed by atoms with Crippen LogP contribution in [0, 0.1) is 10.1 Å². The fourth-order valence-electron chi connectivity index (χ4n) is 1.42. The first-order chi connectivity index (χ1) is 8.08. The molecule has 2 aromatic rings. The predicted molar refractivity (Wildman–Crippen MR) is 64.2 cm³/mol. The van der Waals surface area contributed by atoms with Gasteiger partial charge in [-0.25, -0.2) is 0 Å². The summed E-state index contributed by atoms with van der Waals surface area (Å²) in [6.07, 6.45) is 1.50. The minimum atomic E-state index is -0.544. The first-order valence-corrected chi connectivity index (χ1v) is 5.09. The minimum Gasteiger partial charge on any atom is -0.328 e. The summed E-state index contributed by atoms with van der Waals surface area (Å²) in [6, 6.07) is 7.43. The van der Waals surface area contributed by atoms with Crippen LogP contribution in [0.5, 0.6) is 0 Å². The van der Waals surface area contributed by atoms with Crippen molar-refractivity contribution in [3.8, 4) is 11.1 Å². The second-order valence-electron chi connectivity index (χ2n) is 3.36. The van der Waals surface area contributed by atoms with E-state index in [4.69, 9.17) is 11.6 Å². The molecular formula is C11H7ClN2O3. The Morgan fingerprint density at radius 3 is 2.47 bits per heavy atom. The highest BCUT2D eigenvalue weighted by molar-refractivity contribution is 6.32. The third-order valence-corrected chi connectivity index (χ3v) is 2.58. The number of hydrogen-bond donors (Lipinski definition) is 1. The molecule has 1 N–H and O–H groups in total. The van der Waals surface area contributed by atoms with Gasteiger partial charge in [0, 0.05) is 18.3 Å². The maximum Gasteiger partial charge on any atom is 0.288 e. The molecule has 0 aliphatic rings. The molecule has 6 heteroatoms. The zero-order chi connectivity index (χ0) is 12.4. The van der Waals surface area contributed by atoms with Crippen molar-refractivity contribution in [1.82, 2.24) is 4.98 Å². The molecule has 0 unspecified atom stereocenters. The van der Waals surface area contributed by atoms with Crippen LogP contribution in [0.15, 0.2) is 41.3 Å². The molecule has 0 bridgehead atoms. The summed E-state index contributed by atoms with van der Waals surface area (Å²) < 4.78 is 0. The summed E-state index contributed by atoms with van der Waals surface area (Å²) in [7, 11) is 0. The maximum atomic E-state index is 10.9. The van der Waals surface area contributed by atoms with Gasteiger partial charge in [-0.3, -0.25) is 14.9 Å². The Morgan fingerprint density at radius 2 is 1.88 bits per heavy atom. The monoisotopic (exact) mass is 250 g/mol. The number of nitrogens with zero attached hydrogens (tertiary/aromatic N) is 1. The number of hydrogen-bond acceptors (Lipinski definition) is 3. The van der Waals surface area contributed by atoms with Gasteiger partial charge in [-0.1, -0.05) is 17.7 Å². The normalized spacial score (nSPS) is 10.2. The summed E-state index contributed by atoms with van der Waals surface area (Å²) in [5.74, 6) is 0. The molecular weight excluding hydrogens is 244 g/mol. The molecule has 1 heterocycles. The van der Waals surface area contributed by atoms with Crippen molar-refractivity contribution < 1.29 is 4.92 Å². The maximum absolute atomic E-state index is 10.9. The van der Waals surface area contributed by atoms with E-state index in [2.05, 4.69) is 4.98 Å². The molecule has 0 spiro atoms. The standard InChI is InChI=1S/C11H7ClN2O3/c12-9-3-1-7(5-10(9)14(16)17)8-2-4-11(15)13-6-8/h1-6H,(H,13,15). The molecule has 0 aliphatic heterocycles. The molecule has 2 rings (SSSR count). The number of nitrogens with one attached hydrogen (secondary N) is 1. The van der Waals surface area contributed by atoms with Crippen LogP contribution in [0.2, 0.25) is 5.02 Å². The number of halogens is 1. The second kappa shape index (κ2) is 4.39. The molecule has 0 saturated carbocycles. The minimum absolute atomic E-state index is 0.0863. The van der Waals surface area contributed by atoms with E-state index in [9.17, 15) is 14.9 Å². The fraction of sp³-hybridized carbons (Fsp3) is 0. The number of benzene rings is 1. The van der Waals surface area contributed by atoms with Gasteiger partial charge in [0.2, 0.25) is 5.56 Å². The number of nitro groups is 1. The van der Waals surface area contributed by atoms with Crippen molar-refractivity contribution in [2.45, 2.75) is 0 Å². The van der Waals surface area contributed by atoms with Gasteiger partial charge >= 0.3 is 0 Å². The van der Waals surface area contributed by atoms with Gasteiger partial charge in [0.05, 0.1) is 4.92 Å². The van der Waals surface area contributed by atoms with Gasteiger partial charge in [0.1, 0.15) is 5.02 Å². The highest BCUT2D eigenvalue weighted by Gasteiger charge is 2.13. The van der Waals surface area contributed by atoms with Crippen molar-refractivity contribution in [1.29, 1.82) is 0 Å². The topological polar surface area (TPSA) is 76.0 Å². The third kappa shape index (κ3) is 2.34. The van der Waals surface area contributed by atoms with Crippen LogP contribution in [0.25, 0.3) is 11.1 Å². The average molecular weight is 251 g/mol. The Balaban J connectivity index is 2.53. The largest absolute Gasteiger partial charge is 0.328 e. The van der Waals surface area contributed by atoms with E-state index in [0.29, 0.717) is 11.1 Å². The first kappa shape index (κ1) is 11.3. The smallest absolute Gasteiger partial charge is 0.288 e. The lowest BCUT2D eigenvalue weighted by molar-refractivity contribution is -0.384. The Labute approximate surface area is 101 Å². The van der Waals surface area contributed by atoms with Gasteiger partial charge in [-0.2, -0.15) is 0 Å². The Hall–Kier alpha value is -2.14. The lowest BCUT2D eigenvalue weighted by Crippen LogP contribution is -2.01. The molecule has 1 aromatic heterocycles. The number of aromatic amines is 1. The summed E-state index contributed by atoms with van der Waals surface area (Å²) in [5, 5.41) is 10.8. The van der Waals surface area contributed by atoms with E-state index >= 15 is 0 Å². The van der Waals surface area contributed by atoms with E-state index in [1.807, 2.05) is 0 Å². The lowest BCUT2D eigenvalue weighted by atomic mass is 10.1. The molecule has 0 radical (unpaired) electrons. The van der Waals surface area contributed by atoms with Crippen LogP contribution < -0.4 is 5.56 Å². The molecule has 0 atom stereocenters. The zero-order valence-electron chi connectivity index (χ0n) is 8.51. The van der Waals surface area contributed by atoms with Crippen LogP contribution in [-0.2, 0) is 0 Å². The summed E-state index contributed by atoms with van der Waals surface area (Å²) >= 11 is 5.70. The van der Waals surface area contributed by atoms with E-state index in [0.717, 1.165) is 0 Å². The van der Waals surface area contributed by atoms with Crippen molar-refractivity contribution in [3.05, 3.63) is 62.0 Å². The van der Waals surface area contributed by atoms with Crippen LogP contribution in [0.1, 0.15) is 0 Å².